The molecule has 10 heteroatoms. The van der Waals surface area contributed by atoms with Crippen LogP contribution in [0, 0.1) is 11.3 Å². The minimum absolute atomic E-state index is 0.161. The Morgan fingerprint density at radius 3 is 2.19 bits per heavy atom. The lowest BCUT2D eigenvalue weighted by atomic mass is 10.1. The highest BCUT2D eigenvalue weighted by Gasteiger charge is 2.36. The van der Waals surface area contributed by atoms with E-state index in [0.29, 0.717) is 30.4 Å². The fraction of sp³-hybridized carbons (Fsp3) is 0.364. The first-order chi connectivity index (χ1) is 15.3. The zero-order valence-electron chi connectivity index (χ0n) is 17.2. The van der Waals surface area contributed by atoms with Crippen molar-refractivity contribution in [2.45, 2.75) is 12.4 Å². The summed E-state index contributed by atoms with van der Waals surface area (Å²) in [4.78, 5) is 18.6. The Hall–Kier alpha value is -3.45. The molecule has 0 aromatic heterocycles. The highest BCUT2D eigenvalue weighted by atomic mass is 19.4. The van der Waals surface area contributed by atoms with Crippen LogP contribution >= 0.6 is 0 Å². The maximum absolute atomic E-state index is 12.4. The molecule has 0 unspecified atom stereocenters. The Labute approximate surface area is 183 Å². The van der Waals surface area contributed by atoms with Gasteiger partial charge in [0.15, 0.2) is 0 Å². The summed E-state index contributed by atoms with van der Waals surface area (Å²) in [5, 5.41) is 11.7. The van der Waals surface area contributed by atoms with Gasteiger partial charge in [0.05, 0.1) is 11.6 Å². The van der Waals surface area contributed by atoms with Gasteiger partial charge in [-0.2, -0.15) is 5.26 Å². The van der Waals surface area contributed by atoms with E-state index in [1.807, 2.05) is 6.07 Å². The van der Waals surface area contributed by atoms with Crippen LogP contribution in [0.25, 0.3) is 0 Å². The van der Waals surface area contributed by atoms with E-state index in [4.69, 9.17) is 5.26 Å². The van der Waals surface area contributed by atoms with Gasteiger partial charge >= 0.3 is 12.4 Å². The van der Waals surface area contributed by atoms with Gasteiger partial charge in [-0.1, -0.05) is 0 Å². The number of alkyl halides is 3. The van der Waals surface area contributed by atoms with Crippen molar-refractivity contribution in [2.75, 3.05) is 49.5 Å². The monoisotopic (exact) mass is 445 g/mol. The van der Waals surface area contributed by atoms with E-state index < -0.39 is 6.36 Å². The third kappa shape index (κ3) is 5.23. The number of nitrogens with one attached hydrogen (secondary N) is 1. The number of likely N-dealkylation sites (tertiary alicyclic amines) is 1. The van der Waals surface area contributed by atoms with Gasteiger partial charge in [-0.15, -0.1) is 13.2 Å². The molecule has 2 amide bonds. The first-order valence-electron chi connectivity index (χ1n) is 10.2. The summed E-state index contributed by atoms with van der Waals surface area (Å²) in [5.41, 5.74) is 2.05. The fourth-order valence-electron chi connectivity index (χ4n) is 3.89. The van der Waals surface area contributed by atoms with Gasteiger partial charge in [0, 0.05) is 56.7 Å². The second-order valence-electron chi connectivity index (χ2n) is 7.74. The van der Waals surface area contributed by atoms with Gasteiger partial charge in [-0.3, -0.25) is 4.90 Å². The minimum atomic E-state index is -4.69. The maximum Gasteiger partial charge on any atom is 0.573 e. The number of hydrogen-bond acceptors (Lipinski definition) is 5. The smallest absolute Gasteiger partial charge is 0.406 e. The first kappa shape index (κ1) is 21.8. The van der Waals surface area contributed by atoms with Crippen molar-refractivity contribution in [3.05, 3.63) is 54.1 Å². The zero-order valence-corrected chi connectivity index (χ0v) is 17.2. The number of rotatable bonds is 4. The fourth-order valence-corrected chi connectivity index (χ4v) is 3.89. The number of piperazine rings is 1. The Kier molecular flexibility index (Phi) is 6.10. The molecule has 1 N–H and O–H groups in total. The number of ether oxygens (including phenoxy) is 1. The van der Waals surface area contributed by atoms with Crippen molar-refractivity contribution in [1.29, 1.82) is 5.26 Å². The Morgan fingerprint density at radius 1 is 1.00 bits per heavy atom. The predicted octanol–water partition coefficient (Wildman–Crippen LogP) is 3.50. The summed E-state index contributed by atoms with van der Waals surface area (Å²) in [6, 6.07) is 14.8. The van der Waals surface area contributed by atoms with Crippen molar-refractivity contribution in [3.63, 3.8) is 0 Å². The van der Waals surface area contributed by atoms with Crippen LogP contribution < -0.4 is 15.0 Å². The van der Waals surface area contributed by atoms with Crippen LogP contribution in [0.5, 0.6) is 5.75 Å². The number of urea groups is 1. The third-order valence-electron chi connectivity index (χ3n) is 5.68. The Morgan fingerprint density at radius 2 is 1.62 bits per heavy atom. The van der Waals surface area contributed by atoms with Gasteiger partial charge in [0.25, 0.3) is 0 Å². The average Bonchev–Trinajstić information content (AvgIpc) is 2.73. The van der Waals surface area contributed by atoms with Crippen LogP contribution in [0.15, 0.2) is 48.5 Å². The zero-order chi connectivity index (χ0) is 22.7. The van der Waals surface area contributed by atoms with E-state index in [2.05, 4.69) is 19.9 Å². The third-order valence-corrected chi connectivity index (χ3v) is 5.68. The number of carbonyl (C=O) groups excluding carboxylic acids is 1. The van der Waals surface area contributed by atoms with Gasteiger partial charge < -0.3 is 19.9 Å². The minimum Gasteiger partial charge on any atom is -0.406 e. The molecule has 2 heterocycles. The molecule has 0 radical (unpaired) electrons. The molecule has 0 atom stereocenters. The molecular weight excluding hydrogens is 423 g/mol. The second-order valence-corrected chi connectivity index (χ2v) is 7.74. The van der Waals surface area contributed by atoms with Crippen LogP contribution in [0.1, 0.15) is 5.56 Å². The molecular formula is C22H22F3N5O2. The van der Waals surface area contributed by atoms with Crippen molar-refractivity contribution in [2.24, 2.45) is 0 Å². The van der Waals surface area contributed by atoms with Crippen molar-refractivity contribution >= 4 is 17.4 Å². The van der Waals surface area contributed by atoms with E-state index >= 15 is 0 Å². The summed E-state index contributed by atoms with van der Waals surface area (Å²) in [7, 11) is 0. The number of amides is 2. The van der Waals surface area contributed by atoms with E-state index in [1.54, 1.807) is 41.3 Å². The Balaban J connectivity index is 1.21. The van der Waals surface area contributed by atoms with E-state index in [1.165, 1.54) is 12.1 Å². The summed E-state index contributed by atoms with van der Waals surface area (Å²) in [6.07, 6.45) is -4.69. The molecule has 32 heavy (non-hydrogen) atoms. The first-order valence-corrected chi connectivity index (χ1v) is 10.2. The summed E-state index contributed by atoms with van der Waals surface area (Å²) in [5.74, 6) is -0.228. The molecule has 168 valence electrons. The number of hydrogen-bond donors (Lipinski definition) is 1. The van der Waals surface area contributed by atoms with Crippen molar-refractivity contribution < 1.29 is 22.7 Å². The van der Waals surface area contributed by atoms with Crippen LogP contribution in [-0.2, 0) is 0 Å². The molecule has 7 nitrogen and oxygen atoms in total. The number of benzene rings is 2. The molecule has 2 aliphatic rings. The topological polar surface area (TPSA) is 71.8 Å². The molecule has 0 bridgehead atoms. The SMILES string of the molecule is N#Cc1ccc(NC(=O)N2CC(N3CCN(c4ccc(OC(F)(F)F)cc4)CC3)C2)cc1. The number of nitriles is 1. The summed E-state index contributed by atoms with van der Waals surface area (Å²) < 4.78 is 40.8. The number of halogens is 3. The van der Waals surface area contributed by atoms with Crippen LogP contribution in [-0.4, -0.2) is 67.5 Å². The molecule has 2 aliphatic heterocycles. The molecule has 0 aliphatic carbocycles. The van der Waals surface area contributed by atoms with Crippen LogP contribution in [0.4, 0.5) is 29.3 Å². The molecule has 2 aromatic rings. The van der Waals surface area contributed by atoms with Crippen LogP contribution in [0.3, 0.4) is 0 Å². The van der Waals surface area contributed by atoms with Gasteiger partial charge in [0.1, 0.15) is 5.75 Å². The van der Waals surface area contributed by atoms with Crippen LogP contribution in [0.2, 0.25) is 0 Å². The molecule has 0 spiro atoms. The number of anilines is 2. The molecule has 2 fully saturated rings. The molecule has 2 aromatic carbocycles. The largest absolute Gasteiger partial charge is 0.573 e. The van der Waals surface area contributed by atoms with Crippen molar-refractivity contribution in [3.8, 4) is 11.8 Å². The summed E-state index contributed by atoms with van der Waals surface area (Å²) in [6.45, 7) is 4.44. The molecule has 0 saturated carbocycles. The standard InChI is InChI=1S/C22H22F3N5O2/c23-22(24,25)32-20-7-5-18(6-8-20)28-9-11-29(12-10-28)19-14-30(15-19)21(31)27-17-3-1-16(13-26)2-4-17/h1-8,19H,9-12,14-15H2,(H,27,31). The molecule has 2 saturated heterocycles. The Bertz CT molecular complexity index is 975. The lowest BCUT2D eigenvalue weighted by molar-refractivity contribution is -0.274. The maximum atomic E-state index is 12.4. The van der Waals surface area contributed by atoms with Crippen molar-refractivity contribution in [1.82, 2.24) is 9.80 Å². The second kappa shape index (κ2) is 8.96. The highest BCUT2D eigenvalue weighted by molar-refractivity contribution is 5.90. The average molecular weight is 445 g/mol. The normalized spacial score (nSPS) is 17.4. The van der Waals surface area contributed by atoms with E-state index in [0.717, 1.165) is 31.9 Å². The van der Waals surface area contributed by atoms with Gasteiger partial charge in [0.2, 0.25) is 0 Å². The quantitative estimate of drug-likeness (QED) is 0.780. The van der Waals surface area contributed by atoms with E-state index in [-0.39, 0.29) is 11.8 Å². The predicted molar refractivity (Wildman–Crippen MR) is 112 cm³/mol. The lowest BCUT2D eigenvalue weighted by Crippen LogP contribution is -2.64. The number of nitrogens with zero attached hydrogens (tertiary/aromatic N) is 4. The highest BCUT2D eigenvalue weighted by Crippen LogP contribution is 2.26. The number of carbonyl (C=O) groups is 1. The lowest BCUT2D eigenvalue weighted by Gasteiger charge is -2.48. The van der Waals surface area contributed by atoms with E-state index in [9.17, 15) is 18.0 Å². The summed E-state index contributed by atoms with van der Waals surface area (Å²) >= 11 is 0. The van der Waals surface area contributed by atoms with Gasteiger partial charge in [-0.05, 0) is 48.5 Å². The van der Waals surface area contributed by atoms with Gasteiger partial charge in [-0.25, -0.2) is 4.79 Å². The molecule has 4 rings (SSSR count).